The van der Waals surface area contributed by atoms with E-state index in [1.165, 1.54) is 25.3 Å². The first-order valence-corrected chi connectivity index (χ1v) is 6.72. The fourth-order valence-electron chi connectivity index (χ4n) is 1.41. The van der Waals surface area contributed by atoms with Gasteiger partial charge in [0.2, 0.25) is 0 Å². The molecule has 0 saturated carbocycles. The monoisotopic (exact) mass is 242 g/mol. The Hall–Kier alpha value is -0.830. The van der Waals surface area contributed by atoms with Gasteiger partial charge in [0, 0.05) is 19.3 Å². The van der Waals surface area contributed by atoms with Crippen molar-refractivity contribution in [1.29, 1.82) is 0 Å². The fourth-order valence-corrected chi connectivity index (χ4v) is 1.41. The van der Waals surface area contributed by atoms with Crippen LogP contribution < -0.4 is 0 Å². The Labute approximate surface area is 105 Å². The Morgan fingerprint density at radius 3 is 2.53 bits per heavy atom. The lowest BCUT2D eigenvalue weighted by Gasteiger charge is -2.02. The Bertz CT molecular complexity index is 200. The molecule has 100 valence electrons. The quantitative estimate of drug-likeness (QED) is 0.316. The van der Waals surface area contributed by atoms with Crippen molar-refractivity contribution in [3.63, 3.8) is 0 Å². The van der Waals surface area contributed by atoms with Crippen molar-refractivity contribution in [3.05, 3.63) is 12.2 Å². The number of hydrogen-bond acceptors (Lipinski definition) is 3. The highest BCUT2D eigenvalue weighted by Crippen LogP contribution is 2.00. The van der Waals surface area contributed by atoms with E-state index >= 15 is 0 Å². The summed E-state index contributed by atoms with van der Waals surface area (Å²) in [7, 11) is 0. The molecule has 0 N–H and O–H groups in total. The molecule has 0 aromatic carbocycles. The maximum Gasteiger partial charge on any atom is 0.330 e. The van der Waals surface area contributed by atoms with E-state index in [1.807, 2.05) is 6.08 Å². The number of rotatable bonds is 11. The minimum Gasteiger partial charge on any atom is -0.463 e. The summed E-state index contributed by atoms with van der Waals surface area (Å²) in [5.41, 5.74) is 0. The third kappa shape index (κ3) is 13.1. The average molecular weight is 242 g/mol. The van der Waals surface area contributed by atoms with Crippen LogP contribution >= 0.6 is 0 Å². The molecule has 0 atom stereocenters. The van der Waals surface area contributed by atoms with Crippen molar-refractivity contribution in [3.8, 4) is 0 Å². The predicted molar refractivity (Wildman–Crippen MR) is 70.0 cm³/mol. The first-order valence-electron chi connectivity index (χ1n) is 6.72. The number of unbranched alkanes of at least 4 members (excludes halogenated alkanes) is 4. The van der Waals surface area contributed by atoms with Crippen molar-refractivity contribution in [2.45, 2.75) is 52.4 Å². The van der Waals surface area contributed by atoms with Gasteiger partial charge in [-0.3, -0.25) is 0 Å². The van der Waals surface area contributed by atoms with Crippen molar-refractivity contribution in [1.82, 2.24) is 0 Å². The number of ether oxygens (including phenoxy) is 2. The average Bonchev–Trinajstić information content (AvgIpc) is 2.32. The second kappa shape index (κ2) is 13.2. The molecule has 0 amide bonds. The van der Waals surface area contributed by atoms with Gasteiger partial charge in [0.25, 0.3) is 0 Å². The van der Waals surface area contributed by atoms with Crippen LogP contribution in [0.15, 0.2) is 12.2 Å². The zero-order valence-corrected chi connectivity index (χ0v) is 11.2. The van der Waals surface area contributed by atoms with Crippen LogP contribution in [0.2, 0.25) is 0 Å². The summed E-state index contributed by atoms with van der Waals surface area (Å²) in [5.74, 6) is -0.256. The molecule has 0 aliphatic heterocycles. The molecule has 0 aromatic heterocycles. The van der Waals surface area contributed by atoms with Gasteiger partial charge in [0.05, 0.1) is 6.61 Å². The van der Waals surface area contributed by atoms with Gasteiger partial charge in [-0.25, -0.2) is 4.79 Å². The van der Waals surface area contributed by atoms with E-state index in [1.54, 1.807) is 6.92 Å². The van der Waals surface area contributed by atoms with Crippen molar-refractivity contribution in [2.24, 2.45) is 0 Å². The van der Waals surface area contributed by atoms with E-state index in [-0.39, 0.29) is 5.97 Å². The van der Waals surface area contributed by atoms with Crippen LogP contribution in [0.25, 0.3) is 0 Å². The maximum atomic E-state index is 10.9. The minimum atomic E-state index is -0.256. The number of allylic oxidation sites excluding steroid dienone is 1. The molecule has 3 nitrogen and oxygen atoms in total. The molecule has 17 heavy (non-hydrogen) atoms. The maximum absolute atomic E-state index is 10.9. The molecule has 0 aromatic rings. The molecule has 0 bridgehead atoms. The second-order valence-corrected chi connectivity index (χ2v) is 3.97. The van der Waals surface area contributed by atoms with Gasteiger partial charge in [-0.05, 0) is 26.2 Å². The Balaban J connectivity index is 3.15. The SMILES string of the molecule is CCCCCCOCCC/C=C/C(=O)OCC. The van der Waals surface area contributed by atoms with Crippen LogP contribution in [0.3, 0.4) is 0 Å². The van der Waals surface area contributed by atoms with E-state index in [0.717, 1.165) is 32.5 Å². The van der Waals surface area contributed by atoms with Gasteiger partial charge >= 0.3 is 5.97 Å². The molecular weight excluding hydrogens is 216 g/mol. The fraction of sp³-hybridized carbons (Fsp3) is 0.786. The summed E-state index contributed by atoms with van der Waals surface area (Å²) in [6, 6.07) is 0. The van der Waals surface area contributed by atoms with E-state index in [4.69, 9.17) is 9.47 Å². The topological polar surface area (TPSA) is 35.5 Å². The summed E-state index contributed by atoms with van der Waals surface area (Å²) in [6.07, 6.45) is 10.1. The lowest BCUT2D eigenvalue weighted by atomic mass is 10.2. The highest BCUT2D eigenvalue weighted by molar-refractivity contribution is 5.81. The standard InChI is InChI=1S/C14H26O3/c1-3-5-6-9-12-16-13-10-7-8-11-14(15)17-4-2/h8,11H,3-7,9-10,12-13H2,1-2H3/b11-8+. The third-order valence-electron chi connectivity index (χ3n) is 2.34. The van der Waals surface area contributed by atoms with Crippen LogP contribution in [-0.2, 0) is 14.3 Å². The zero-order valence-electron chi connectivity index (χ0n) is 11.2. The van der Waals surface area contributed by atoms with Crippen molar-refractivity contribution in [2.75, 3.05) is 19.8 Å². The molecule has 0 rings (SSSR count). The van der Waals surface area contributed by atoms with Crippen LogP contribution in [0.4, 0.5) is 0 Å². The Morgan fingerprint density at radius 1 is 1.06 bits per heavy atom. The van der Waals surface area contributed by atoms with Crippen LogP contribution in [0.5, 0.6) is 0 Å². The van der Waals surface area contributed by atoms with Gasteiger partial charge < -0.3 is 9.47 Å². The molecule has 0 fully saturated rings. The Kier molecular flexibility index (Phi) is 12.6. The summed E-state index contributed by atoms with van der Waals surface area (Å²) in [6.45, 7) is 6.08. The highest BCUT2D eigenvalue weighted by Gasteiger charge is 1.93. The number of esters is 1. The normalized spacial score (nSPS) is 10.9. The molecule has 0 aliphatic carbocycles. The Morgan fingerprint density at radius 2 is 1.82 bits per heavy atom. The van der Waals surface area contributed by atoms with E-state index in [9.17, 15) is 4.79 Å². The molecule has 0 saturated heterocycles. The second-order valence-electron chi connectivity index (χ2n) is 3.97. The molecule has 0 unspecified atom stereocenters. The van der Waals surface area contributed by atoms with Crippen LogP contribution in [0, 0.1) is 0 Å². The predicted octanol–water partition coefficient (Wildman–Crippen LogP) is 3.48. The summed E-state index contributed by atoms with van der Waals surface area (Å²) in [5, 5.41) is 0. The number of carbonyl (C=O) groups excluding carboxylic acids is 1. The molecule has 3 heteroatoms. The van der Waals surface area contributed by atoms with Gasteiger partial charge in [-0.2, -0.15) is 0 Å². The van der Waals surface area contributed by atoms with Gasteiger partial charge in [-0.1, -0.05) is 32.3 Å². The molecule has 0 spiro atoms. The molecule has 0 aliphatic rings. The van der Waals surface area contributed by atoms with E-state index in [0.29, 0.717) is 6.61 Å². The minimum absolute atomic E-state index is 0.256. The van der Waals surface area contributed by atoms with Crippen molar-refractivity contribution < 1.29 is 14.3 Å². The first-order chi connectivity index (χ1) is 8.31. The molecule has 0 heterocycles. The molecular formula is C14H26O3. The lowest BCUT2D eigenvalue weighted by molar-refractivity contribution is -0.137. The first kappa shape index (κ1) is 16.2. The summed E-state index contributed by atoms with van der Waals surface area (Å²) in [4.78, 5) is 10.9. The smallest absolute Gasteiger partial charge is 0.330 e. The van der Waals surface area contributed by atoms with E-state index in [2.05, 4.69) is 6.92 Å². The summed E-state index contributed by atoms with van der Waals surface area (Å²) < 4.78 is 10.3. The van der Waals surface area contributed by atoms with Gasteiger partial charge in [0.15, 0.2) is 0 Å². The van der Waals surface area contributed by atoms with Crippen LogP contribution in [0.1, 0.15) is 52.4 Å². The zero-order chi connectivity index (χ0) is 12.8. The molecule has 0 radical (unpaired) electrons. The largest absolute Gasteiger partial charge is 0.463 e. The third-order valence-corrected chi connectivity index (χ3v) is 2.34. The lowest BCUT2D eigenvalue weighted by Crippen LogP contribution is -1.99. The van der Waals surface area contributed by atoms with E-state index < -0.39 is 0 Å². The van der Waals surface area contributed by atoms with Gasteiger partial charge in [0.1, 0.15) is 0 Å². The van der Waals surface area contributed by atoms with Crippen molar-refractivity contribution >= 4 is 5.97 Å². The number of hydrogen-bond donors (Lipinski definition) is 0. The van der Waals surface area contributed by atoms with Gasteiger partial charge in [-0.15, -0.1) is 0 Å². The number of carbonyl (C=O) groups is 1. The van der Waals surface area contributed by atoms with Crippen LogP contribution in [-0.4, -0.2) is 25.8 Å². The highest BCUT2D eigenvalue weighted by atomic mass is 16.5. The summed E-state index contributed by atoms with van der Waals surface area (Å²) >= 11 is 0.